The SMILES string of the molecule is CC/C=C\C/C=C\C/C=C\CCCCCC(=O)OC(COC(=O)CCCCCCCCCCCCCCCCCCCCCCCCCCCCCCCCCCCCCC)COP(=O)([O-])OCC[N+](C)(C)C. The van der Waals surface area contributed by atoms with Gasteiger partial charge < -0.3 is 27.9 Å². The van der Waals surface area contributed by atoms with Crippen molar-refractivity contribution in [2.45, 2.75) is 309 Å². The van der Waals surface area contributed by atoms with Crippen LogP contribution >= 0.6 is 7.82 Å². The number of carbonyl (C=O) groups excluding carboxylic acids is 2. The first kappa shape index (κ1) is 71.2. The molecule has 430 valence electrons. The van der Waals surface area contributed by atoms with Gasteiger partial charge in [-0.3, -0.25) is 14.2 Å². The van der Waals surface area contributed by atoms with E-state index in [1.165, 1.54) is 212 Å². The van der Waals surface area contributed by atoms with Crippen molar-refractivity contribution in [2.75, 3.05) is 47.5 Å². The monoisotopic (exact) mass is 1050 g/mol. The Morgan fingerprint density at radius 2 is 0.781 bits per heavy atom. The number of hydrogen-bond acceptors (Lipinski definition) is 8. The summed E-state index contributed by atoms with van der Waals surface area (Å²) in [4.78, 5) is 37.8. The number of carbonyl (C=O) groups is 2. The van der Waals surface area contributed by atoms with Gasteiger partial charge in [0.25, 0.3) is 7.82 Å². The van der Waals surface area contributed by atoms with E-state index in [-0.39, 0.29) is 32.0 Å². The Bertz CT molecular complexity index is 1330. The maximum absolute atomic E-state index is 12.7. The van der Waals surface area contributed by atoms with Gasteiger partial charge in [-0.05, 0) is 44.9 Å². The molecule has 0 aromatic carbocycles. The zero-order valence-corrected chi connectivity index (χ0v) is 49.7. The van der Waals surface area contributed by atoms with E-state index in [0.29, 0.717) is 17.4 Å². The highest BCUT2D eigenvalue weighted by Gasteiger charge is 2.22. The van der Waals surface area contributed by atoms with Crippen LogP contribution in [0.5, 0.6) is 0 Å². The van der Waals surface area contributed by atoms with Crippen LogP contribution in [0.4, 0.5) is 0 Å². The van der Waals surface area contributed by atoms with Crippen molar-refractivity contribution in [1.82, 2.24) is 0 Å². The number of hydrogen-bond donors (Lipinski definition) is 0. The molecule has 0 bridgehead atoms. The lowest BCUT2D eigenvalue weighted by Gasteiger charge is -2.28. The van der Waals surface area contributed by atoms with E-state index in [1.807, 2.05) is 21.1 Å². The summed E-state index contributed by atoms with van der Waals surface area (Å²) >= 11 is 0. The summed E-state index contributed by atoms with van der Waals surface area (Å²) < 4.78 is 34.1. The number of nitrogens with zero attached hydrogens (tertiary/aromatic N) is 1. The molecule has 0 radical (unpaired) electrons. The van der Waals surface area contributed by atoms with Crippen LogP contribution in [0, 0.1) is 0 Å². The van der Waals surface area contributed by atoms with Gasteiger partial charge in [0.05, 0.1) is 27.7 Å². The molecule has 9 nitrogen and oxygen atoms in total. The molecule has 2 unspecified atom stereocenters. The van der Waals surface area contributed by atoms with Crippen molar-refractivity contribution in [3.05, 3.63) is 36.5 Å². The third kappa shape index (κ3) is 59.3. The number of phosphoric ester groups is 1. The summed E-state index contributed by atoms with van der Waals surface area (Å²) in [5.74, 6) is -0.857. The van der Waals surface area contributed by atoms with Gasteiger partial charge in [0.1, 0.15) is 19.8 Å². The van der Waals surface area contributed by atoms with Gasteiger partial charge in [-0.2, -0.15) is 0 Å². The van der Waals surface area contributed by atoms with E-state index in [2.05, 4.69) is 50.3 Å². The smallest absolute Gasteiger partial charge is 0.306 e. The number of ether oxygens (including phenoxy) is 2. The molecule has 0 heterocycles. The third-order valence-corrected chi connectivity index (χ3v) is 14.9. The van der Waals surface area contributed by atoms with Crippen LogP contribution in [0.3, 0.4) is 0 Å². The average Bonchev–Trinajstić information content (AvgIpc) is 3.35. The Morgan fingerprint density at radius 3 is 1.16 bits per heavy atom. The lowest BCUT2D eigenvalue weighted by Crippen LogP contribution is -2.37. The second kappa shape index (κ2) is 55.0. The van der Waals surface area contributed by atoms with E-state index >= 15 is 0 Å². The molecular formula is C63H120NO8P. The number of likely N-dealkylation sites (N-methyl/N-ethyl adjacent to an activating group) is 1. The topological polar surface area (TPSA) is 111 Å². The largest absolute Gasteiger partial charge is 0.756 e. The molecule has 0 rings (SSSR count). The molecule has 2 atom stereocenters. The minimum atomic E-state index is -4.64. The van der Waals surface area contributed by atoms with Crippen LogP contribution in [0.15, 0.2) is 36.5 Å². The Hall–Kier alpha value is -1.77. The second-order valence-corrected chi connectivity index (χ2v) is 23.8. The maximum Gasteiger partial charge on any atom is 0.306 e. The fraction of sp³-hybridized carbons (Fsp3) is 0.873. The first-order valence-corrected chi connectivity index (χ1v) is 32.7. The van der Waals surface area contributed by atoms with E-state index < -0.39 is 26.5 Å². The standard InChI is InChI=1S/C63H120NO8P/c1-6-8-10-12-14-16-18-20-21-22-23-24-25-26-27-28-29-30-31-32-33-34-35-36-37-38-39-40-41-42-44-45-47-49-51-53-55-62(65)69-59-61(60-71-73(67,68)70-58-57-64(3,4)5)72-63(66)56-54-52-50-48-46-43-19-17-15-13-11-9-7-2/h9,11,15,17,43,46,61H,6-8,10,12-14,16,18-42,44-45,47-60H2,1-5H3/b11-9-,17-15-,46-43-. The van der Waals surface area contributed by atoms with Gasteiger partial charge in [-0.25, -0.2) is 0 Å². The summed E-state index contributed by atoms with van der Waals surface area (Å²) in [6, 6.07) is 0. The Morgan fingerprint density at radius 1 is 0.438 bits per heavy atom. The Labute approximate surface area is 452 Å². The maximum atomic E-state index is 12.7. The molecule has 0 N–H and O–H groups in total. The number of rotatable bonds is 58. The number of unbranched alkanes of at least 4 members (excludes halogenated alkanes) is 38. The summed E-state index contributed by atoms with van der Waals surface area (Å²) in [5, 5.41) is 0. The molecular weight excluding hydrogens is 930 g/mol. The van der Waals surface area contributed by atoms with Gasteiger partial charge in [-0.1, -0.05) is 281 Å². The highest BCUT2D eigenvalue weighted by molar-refractivity contribution is 7.45. The second-order valence-electron chi connectivity index (χ2n) is 22.4. The fourth-order valence-electron chi connectivity index (χ4n) is 9.15. The Balaban J connectivity index is 3.87. The molecule has 0 saturated carbocycles. The van der Waals surface area contributed by atoms with Gasteiger partial charge in [0, 0.05) is 12.8 Å². The minimum absolute atomic E-state index is 0.0357. The van der Waals surface area contributed by atoms with E-state index in [0.717, 1.165) is 57.8 Å². The van der Waals surface area contributed by atoms with Gasteiger partial charge >= 0.3 is 11.9 Å². The zero-order valence-electron chi connectivity index (χ0n) is 48.9. The molecule has 0 amide bonds. The molecule has 73 heavy (non-hydrogen) atoms. The van der Waals surface area contributed by atoms with Crippen molar-refractivity contribution in [2.24, 2.45) is 0 Å². The molecule has 0 aliphatic heterocycles. The van der Waals surface area contributed by atoms with Crippen molar-refractivity contribution in [3.8, 4) is 0 Å². The van der Waals surface area contributed by atoms with Crippen LogP contribution in [0.25, 0.3) is 0 Å². The number of quaternary nitrogens is 1. The fourth-order valence-corrected chi connectivity index (χ4v) is 9.87. The normalized spacial score (nSPS) is 13.5. The first-order chi connectivity index (χ1) is 35.5. The number of esters is 2. The molecule has 0 aliphatic carbocycles. The first-order valence-electron chi connectivity index (χ1n) is 31.2. The number of allylic oxidation sites excluding steroid dienone is 6. The molecule has 0 saturated heterocycles. The van der Waals surface area contributed by atoms with Crippen molar-refractivity contribution >= 4 is 19.8 Å². The molecule has 0 aromatic rings. The summed E-state index contributed by atoms with van der Waals surface area (Å²) in [7, 11) is 1.15. The molecule has 0 spiro atoms. The van der Waals surface area contributed by atoms with Gasteiger partial charge in [0.15, 0.2) is 6.10 Å². The lowest BCUT2D eigenvalue weighted by atomic mass is 10.0. The lowest BCUT2D eigenvalue weighted by molar-refractivity contribution is -0.870. The van der Waals surface area contributed by atoms with E-state index in [1.54, 1.807) is 0 Å². The molecule has 10 heteroatoms. The molecule has 0 aromatic heterocycles. The van der Waals surface area contributed by atoms with Crippen LogP contribution in [-0.4, -0.2) is 70.0 Å². The van der Waals surface area contributed by atoms with Gasteiger partial charge in [-0.15, -0.1) is 0 Å². The van der Waals surface area contributed by atoms with Crippen LogP contribution < -0.4 is 4.89 Å². The van der Waals surface area contributed by atoms with Gasteiger partial charge in [0.2, 0.25) is 0 Å². The predicted molar refractivity (Wildman–Crippen MR) is 310 cm³/mol. The summed E-state index contributed by atoms with van der Waals surface area (Å²) in [5.41, 5.74) is 0. The van der Waals surface area contributed by atoms with Crippen LogP contribution in [-0.2, 0) is 32.7 Å². The predicted octanol–water partition coefficient (Wildman–Crippen LogP) is 18.9. The highest BCUT2D eigenvalue weighted by Crippen LogP contribution is 2.38. The quantitative estimate of drug-likeness (QED) is 0.0195. The van der Waals surface area contributed by atoms with Crippen LogP contribution in [0.2, 0.25) is 0 Å². The van der Waals surface area contributed by atoms with Crippen molar-refractivity contribution in [1.29, 1.82) is 0 Å². The average molecular weight is 1050 g/mol. The zero-order chi connectivity index (χ0) is 53.5. The minimum Gasteiger partial charge on any atom is -0.756 e. The number of phosphoric acid groups is 1. The molecule has 0 fully saturated rings. The summed E-state index contributed by atoms with van der Waals surface area (Å²) in [6.07, 6.45) is 68.2. The van der Waals surface area contributed by atoms with Crippen molar-refractivity contribution in [3.63, 3.8) is 0 Å². The third-order valence-electron chi connectivity index (χ3n) is 13.9. The van der Waals surface area contributed by atoms with E-state index in [4.69, 9.17) is 18.5 Å². The van der Waals surface area contributed by atoms with E-state index in [9.17, 15) is 19.0 Å². The summed E-state index contributed by atoms with van der Waals surface area (Å²) in [6.45, 7) is 4.12. The van der Waals surface area contributed by atoms with Crippen LogP contribution in [0.1, 0.15) is 303 Å². The van der Waals surface area contributed by atoms with Crippen molar-refractivity contribution < 1.29 is 42.1 Å². The highest BCUT2D eigenvalue weighted by atomic mass is 31.2. The molecule has 0 aliphatic rings. The Kier molecular flexibility index (Phi) is 53.7.